The molecule has 0 aliphatic heterocycles. The molecule has 1 rings (SSSR count). The highest BCUT2D eigenvalue weighted by Crippen LogP contribution is 2.19. The number of hydrogen-bond donors (Lipinski definition) is 2. The van der Waals surface area contributed by atoms with E-state index in [1.807, 2.05) is 0 Å². The van der Waals surface area contributed by atoms with Gasteiger partial charge in [-0.1, -0.05) is 6.07 Å². The van der Waals surface area contributed by atoms with Gasteiger partial charge in [-0.2, -0.15) is 0 Å². The number of halogens is 2. The maximum absolute atomic E-state index is 12.6. The summed E-state index contributed by atoms with van der Waals surface area (Å²) in [5.74, 6) is -0.422. The van der Waals surface area contributed by atoms with Crippen LogP contribution in [0.15, 0.2) is 22.7 Å². The molecular formula is C7H6BrFO2. The van der Waals surface area contributed by atoms with E-state index < -0.39 is 12.1 Å². The Morgan fingerprint density at radius 3 is 2.45 bits per heavy atom. The van der Waals surface area contributed by atoms with E-state index in [1.54, 1.807) is 0 Å². The maximum atomic E-state index is 12.6. The van der Waals surface area contributed by atoms with E-state index >= 15 is 0 Å². The van der Waals surface area contributed by atoms with Crippen LogP contribution in [0.3, 0.4) is 0 Å². The summed E-state index contributed by atoms with van der Waals surface area (Å²) >= 11 is 2.92. The molecule has 4 heteroatoms. The Morgan fingerprint density at radius 2 is 2.00 bits per heavy atom. The Balaban J connectivity index is 3.05. The second-order valence-corrected chi connectivity index (χ2v) is 2.90. The molecule has 0 heterocycles. The van der Waals surface area contributed by atoms with Gasteiger partial charge < -0.3 is 10.2 Å². The first-order valence-corrected chi connectivity index (χ1v) is 3.71. The smallest absolute Gasteiger partial charge is 0.178 e. The Morgan fingerprint density at radius 1 is 1.36 bits per heavy atom. The summed E-state index contributed by atoms with van der Waals surface area (Å²) in [6.45, 7) is 0. The lowest BCUT2D eigenvalue weighted by Crippen LogP contribution is -1.94. The molecule has 0 fully saturated rings. The van der Waals surface area contributed by atoms with Gasteiger partial charge >= 0.3 is 0 Å². The van der Waals surface area contributed by atoms with Crippen molar-refractivity contribution in [1.29, 1.82) is 0 Å². The fourth-order valence-electron chi connectivity index (χ4n) is 0.673. The monoisotopic (exact) mass is 220 g/mol. The second-order valence-electron chi connectivity index (χ2n) is 2.05. The molecule has 2 nitrogen and oxygen atoms in total. The summed E-state index contributed by atoms with van der Waals surface area (Å²) in [6, 6.07) is 3.80. The molecule has 1 aromatic rings. The fraction of sp³-hybridized carbons (Fsp3) is 0.143. The van der Waals surface area contributed by atoms with E-state index in [1.165, 1.54) is 18.2 Å². The van der Waals surface area contributed by atoms with Crippen LogP contribution in [-0.2, 0) is 0 Å². The minimum absolute atomic E-state index is 0.225. The average Bonchev–Trinajstić information content (AvgIpc) is 1.94. The number of benzene rings is 1. The molecule has 2 N–H and O–H groups in total. The number of rotatable bonds is 1. The first-order chi connectivity index (χ1) is 5.11. The predicted octanol–water partition coefficient (Wildman–Crippen LogP) is 1.57. The molecule has 0 amide bonds. The zero-order valence-corrected chi connectivity index (χ0v) is 7.05. The highest BCUT2D eigenvalue weighted by atomic mass is 79.9. The topological polar surface area (TPSA) is 40.5 Å². The van der Waals surface area contributed by atoms with Crippen LogP contribution >= 0.6 is 15.9 Å². The van der Waals surface area contributed by atoms with E-state index in [0.29, 0.717) is 0 Å². The summed E-state index contributed by atoms with van der Waals surface area (Å²) in [6.07, 6.45) is -1.55. The standard InChI is InChI=1S/C7H6BrFO2/c8-5-3-4(7(10)11)1-2-6(5)9/h1-3,7,10-11H. The van der Waals surface area contributed by atoms with Gasteiger partial charge in [0.25, 0.3) is 0 Å². The van der Waals surface area contributed by atoms with E-state index in [4.69, 9.17) is 10.2 Å². The molecule has 1 aromatic carbocycles. The molecule has 0 saturated carbocycles. The zero-order valence-electron chi connectivity index (χ0n) is 5.46. The maximum Gasteiger partial charge on any atom is 0.178 e. The van der Waals surface area contributed by atoms with Crippen molar-refractivity contribution in [3.05, 3.63) is 34.1 Å². The Bertz CT molecular complexity index is 263. The summed E-state index contributed by atoms with van der Waals surface area (Å²) in [7, 11) is 0. The normalized spacial score (nSPS) is 10.6. The third kappa shape index (κ3) is 1.99. The molecule has 11 heavy (non-hydrogen) atoms. The zero-order chi connectivity index (χ0) is 8.43. The highest BCUT2D eigenvalue weighted by molar-refractivity contribution is 9.10. The van der Waals surface area contributed by atoms with Crippen LogP contribution in [0, 0.1) is 5.82 Å². The Kier molecular flexibility index (Phi) is 2.59. The van der Waals surface area contributed by atoms with Gasteiger partial charge in [0.2, 0.25) is 0 Å². The second kappa shape index (κ2) is 3.30. The van der Waals surface area contributed by atoms with Crippen LogP contribution in [0.5, 0.6) is 0 Å². The molecule has 0 aliphatic rings. The van der Waals surface area contributed by atoms with Crippen molar-refractivity contribution in [3.8, 4) is 0 Å². The van der Waals surface area contributed by atoms with E-state index in [-0.39, 0.29) is 10.0 Å². The molecule has 0 aliphatic carbocycles. The fourth-order valence-corrected chi connectivity index (χ4v) is 1.07. The molecule has 0 saturated heterocycles. The molecular weight excluding hydrogens is 215 g/mol. The van der Waals surface area contributed by atoms with E-state index in [2.05, 4.69) is 15.9 Å². The third-order valence-electron chi connectivity index (χ3n) is 1.24. The summed E-state index contributed by atoms with van der Waals surface area (Å²) in [4.78, 5) is 0. The van der Waals surface area contributed by atoms with Crippen molar-refractivity contribution in [2.45, 2.75) is 6.29 Å². The summed E-state index contributed by atoms with van der Waals surface area (Å²) < 4.78 is 12.8. The minimum atomic E-state index is -1.55. The van der Waals surface area contributed by atoms with Crippen molar-refractivity contribution >= 4 is 15.9 Å². The Labute approximate surface area is 71.4 Å². The largest absolute Gasteiger partial charge is 0.364 e. The lowest BCUT2D eigenvalue weighted by atomic mass is 10.2. The highest BCUT2D eigenvalue weighted by Gasteiger charge is 2.04. The van der Waals surface area contributed by atoms with Gasteiger partial charge in [-0.3, -0.25) is 0 Å². The third-order valence-corrected chi connectivity index (χ3v) is 1.85. The molecule has 0 aromatic heterocycles. The first-order valence-electron chi connectivity index (χ1n) is 2.92. The molecule has 0 atom stereocenters. The van der Waals surface area contributed by atoms with E-state index in [0.717, 1.165) is 0 Å². The van der Waals surface area contributed by atoms with Gasteiger partial charge in [-0.25, -0.2) is 4.39 Å². The first kappa shape index (κ1) is 8.64. The van der Waals surface area contributed by atoms with Crippen LogP contribution in [0.2, 0.25) is 0 Å². The van der Waals surface area contributed by atoms with Crippen LogP contribution in [0.4, 0.5) is 4.39 Å². The van der Waals surface area contributed by atoms with Gasteiger partial charge in [0.05, 0.1) is 4.47 Å². The van der Waals surface area contributed by atoms with Gasteiger partial charge in [0.1, 0.15) is 5.82 Å². The van der Waals surface area contributed by atoms with Crippen LogP contribution in [0.25, 0.3) is 0 Å². The predicted molar refractivity (Wildman–Crippen MR) is 41.3 cm³/mol. The van der Waals surface area contributed by atoms with Crippen molar-refractivity contribution in [3.63, 3.8) is 0 Å². The van der Waals surface area contributed by atoms with Gasteiger partial charge in [0, 0.05) is 5.56 Å². The molecule has 0 bridgehead atoms. The van der Waals surface area contributed by atoms with Crippen molar-refractivity contribution in [2.24, 2.45) is 0 Å². The van der Waals surface area contributed by atoms with Crippen LogP contribution in [0.1, 0.15) is 11.9 Å². The van der Waals surface area contributed by atoms with Gasteiger partial charge in [-0.15, -0.1) is 0 Å². The average molecular weight is 221 g/mol. The van der Waals surface area contributed by atoms with Gasteiger partial charge in [-0.05, 0) is 28.1 Å². The van der Waals surface area contributed by atoms with Crippen LogP contribution in [-0.4, -0.2) is 10.2 Å². The lowest BCUT2D eigenvalue weighted by Gasteiger charge is -2.03. The Hall–Kier alpha value is -0.450. The van der Waals surface area contributed by atoms with Crippen molar-refractivity contribution in [2.75, 3.05) is 0 Å². The molecule has 0 spiro atoms. The summed E-state index contributed by atoms with van der Waals surface area (Å²) in [5, 5.41) is 17.3. The quantitative estimate of drug-likeness (QED) is 0.706. The molecule has 0 radical (unpaired) electrons. The number of hydrogen-bond acceptors (Lipinski definition) is 2. The number of aliphatic hydroxyl groups excluding tert-OH is 1. The van der Waals surface area contributed by atoms with E-state index in [9.17, 15) is 4.39 Å². The molecule has 60 valence electrons. The van der Waals surface area contributed by atoms with Crippen molar-refractivity contribution < 1.29 is 14.6 Å². The lowest BCUT2D eigenvalue weighted by molar-refractivity contribution is -0.0425. The van der Waals surface area contributed by atoms with Crippen LogP contribution < -0.4 is 0 Å². The minimum Gasteiger partial charge on any atom is -0.364 e. The molecule has 0 unspecified atom stereocenters. The SMILES string of the molecule is OC(O)c1ccc(F)c(Br)c1. The number of aliphatic hydroxyl groups is 2. The summed E-state index contributed by atoms with van der Waals surface area (Å²) in [5.41, 5.74) is 0.262. The van der Waals surface area contributed by atoms with Gasteiger partial charge in [0.15, 0.2) is 6.29 Å². The van der Waals surface area contributed by atoms with Crippen molar-refractivity contribution in [1.82, 2.24) is 0 Å².